The molecule has 3 aromatic carbocycles. The lowest BCUT2D eigenvalue weighted by Crippen LogP contribution is -2.14. The van der Waals surface area contributed by atoms with Gasteiger partial charge in [-0.1, -0.05) is 38.0 Å². The van der Waals surface area contributed by atoms with E-state index in [1.54, 1.807) is 18.3 Å². The lowest BCUT2D eigenvalue weighted by Gasteiger charge is -2.14. The molecule has 35 heavy (non-hydrogen) atoms. The summed E-state index contributed by atoms with van der Waals surface area (Å²) >= 11 is 0. The molecule has 0 aliphatic heterocycles. The third kappa shape index (κ3) is 5.87. The molecule has 0 saturated heterocycles. The van der Waals surface area contributed by atoms with E-state index in [9.17, 15) is 9.90 Å². The SMILES string of the molecule is CCCCCNc1ncc2cc(-c3cccc(NC(=O)c4cccc(N(C)C)c4)c3)c(O)cc2n1. The number of phenols is 1. The Bertz CT molecular complexity index is 1340. The lowest BCUT2D eigenvalue weighted by atomic mass is 10.0. The van der Waals surface area contributed by atoms with Crippen molar-refractivity contribution in [1.29, 1.82) is 0 Å². The first-order valence-corrected chi connectivity index (χ1v) is 11.9. The van der Waals surface area contributed by atoms with E-state index in [0.29, 0.717) is 28.3 Å². The number of carbonyl (C=O) groups excluding carboxylic acids is 1. The Labute approximate surface area is 205 Å². The minimum Gasteiger partial charge on any atom is -0.507 e. The number of nitrogens with zero attached hydrogens (tertiary/aromatic N) is 3. The third-order valence-electron chi connectivity index (χ3n) is 5.82. The van der Waals surface area contributed by atoms with Crippen LogP contribution in [0.4, 0.5) is 17.3 Å². The number of carbonyl (C=O) groups is 1. The van der Waals surface area contributed by atoms with Crippen LogP contribution in [0.1, 0.15) is 36.5 Å². The van der Waals surface area contributed by atoms with Crippen molar-refractivity contribution in [3.8, 4) is 16.9 Å². The molecular weight excluding hydrogens is 438 g/mol. The number of anilines is 3. The number of nitrogens with one attached hydrogen (secondary N) is 2. The van der Waals surface area contributed by atoms with Gasteiger partial charge in [0.25, 0.3) is 5.91 Å². The molecule has 0 atom stereocenters. The molecule has 0 radical (unpaired) electrons. The zero-order chi connectivity index (χ0) is 24.8. The fourth-order valence-corrected chi connectivity index (χ4v) is 3.85. The molecule has 4 aromatic rings. The fourth-order valence-electron chi connectivity index (χ4n) is 3.85. The Morgan fingerprint density at radius 1 is 1.03 bits per heavy atom. The first kappa shape index (κ1) is 24.0. The number of rotatable bonds is 9. The first-order valence-electron chi connectivity index (χ1n) is 11.9. The average Bonchev–Trinajstić information content (AvgIpc) is 2.86. The summed E-state index contributed by atoms with van der Waals surface area (Å²) in [5.41, 5.74) is 4.27. The van der Waals surface area contributed by atoms with Crippen molar-refractivity contribution in [2.45, 2.75) is 26.2 Å². The molecule has 0 spiro atoms. The predicted octanol–water partition coefficient (Wildman–Crippen LogP) is 5.92. The van der Waals surface area contributed by atoms with Gasteiger partial charge in [0, 0.05) is 60.8 Å². The highest BCUT2D eigenvalue weighted by molar-refractivity contribution is 6.05. The number of phenolic OH excluding ortho intramolecular Hbond substituents is 1. The van der Waals surface area contributed by atoms with Crippen molar-refractivity contribution in [3.63, 3.8) is 0 Å². The van der Waals surface area contributed by atoms with Gasteiger partial charge in [0.1, 0.15) is 5.75 Å². The summed E-state index contributed by atoms with van der Waals surface area (Å²) in [6.45, 7) is 2.99. The number of hydrogen-bond acceptors (Lipinski definition) is 6. The van der Waals surface area contributed by atoms with Crippen molar-refractivity contribution in [3.05, 3.63) is 72.4 Å². The topological polar surface area (TPSA) is 90.4 Å². The maximum atomic E-state index is 12.8. The molecule has 7 nitrogen and oxygen atoms in total. The molecule has 4 rings (SSSR count). The zero-order valence-electron chi connectivity index (χ0n) is 20.4. The number of unbranched alkanes of at least 4 members (excludes halogenated alkanes) is 2. The van der Waals surface area contributed by atoms with Crippen molar-refractivity contribution in [2.24, 2.45) is 0 Å². The molecule has 0 aliphatic rings. The standard InChI is InChI=1S/C28H31N5O2/c1-4-5-6-13-29-28-30-18-21-16-24(26(34)17-25(21)32-28)19-9-7-11-22(14-19)31-27(35)20-10-8-12-23(15-20)33(2)3/h7-12,14-18,34H,4-6,13H2,1-3H3,(H,31,35)(H,29,30,32). The van der Waals surface area contributed by atoms with Gasteiger partial charge in [-0.05, 0) is 48.4 Å². The van der Waals surface area contributed by atoms with E-state index in [1.807, 2.05) is 67.5 Å². The number of fused-ring (bicyclic) bond motifs is 1. The van der Waals surface area contributed by atoms with Crippen LogP contribution in [0.3, 0.4) is 0 Å². The molecule has 0 unspecified atom stereocenters. The van der Waals surface area contributed by atoms with Crippen LogP contribution in [0.5, 0.6) is 5.75 Å². The van der Waals surface area contributed by atoms with Crippen LogP contribution in [0.15, 0.2) is 66.9 Å². The highest BCUT2D eigenvalue weighted by atomic mass is 16.3. The molecule has 0 bridgehead atoms. The van der Waals surface area contributed by atoms with Gasteiger partial charge in [0.15, 0.2) is 0 Å². The summed E-state index contributed by atoms with van der Waals surface area (Å²) in [6, 6.07) is 18.4. The van der Waals surface area contributed by atoms with E-state index >= 15 is 0 Å². The molecule has 180 valence electrons. The molecular formula is C28H31N5O2. The second-order valence-electron chi connectivity index (χ2n) is 8.74. The summed E-state index contributed by atoms with van der Waals surface area (Å²) in [5.74, 6) is 0.486. The van der Waals surface area contributed by atoms with Gasteiger partial charge < -0.3 is 20.6 Å². The third-order valence-corrected chi connectivity index (χ3v) is 5.82. The van der Waals surface area contributed by atoms with E-state index < -0.39 is 0 Å². The van der Waals surface area contributed by atoms with Crippen molar-refractivity contribution < 1.29 is 9.90 Å². The first-order chi connectivity index (χ1) is 16.9. The Kier molecular flexibility index (Phi) is 7.45. The number of hydrogen-bond donors (Lipinski definition) is 3. The summed E-state index contributed by atoms with van der Waals surface area (Å²) in [5, 5.41) is 17.8. The Morgan fingerprint density at radius 2 is 1.86 bits per heavy atom. The van der Waals surface area contributed by atoms with Gasteiger partial charge in [0.2, 0.25) is 5.95 Å². The second-order valence-corrected chi connectivity index (χ2v) is 8.74. The van der Waals surface area contributed by atoms with Crippen molar-refractivity contribution in [1.82, 2.24) is 9.97 Å². The highest BCUT2D eigenvalue weighted by Crippen LogP contribution is 2.34. The number of aromatic hydroxyl groups is 1. The van der Waals surface area contributed by atoms with Gasteiger partial charge in [-0.15, -0.1) is 0 Å². The number of benzene rings is 3. The molecule has 1 aromatic heterocycles. The van der Waals surface area contributed by atoms with Crippen LogP contribution in [-0.2, 0) is 0 Å². The Morgan fingerprint density at radius 3 is 2.66 bits per heavy atom. The normalized spacial score (nSPS) is 10.8. The van der Waals surface area contributed by atoms with Gasteiger partial charge >= 0.3 is 0 Å². The van der Waals surface area contributed by atoms with E-state index in [1.165, 1.54) is 0 Å². The molecule has 0 fully saturated rings. The van der Waals surface area contributed by atoms with Crippen LogP contribution < -0.4 is 15.5 Å². The average molecular weight is 470 g/mol. The van der Waals surface area contributed by atoms with E-state index in [0.717, 1.165) is 42.4 Å². The molecule has 3 N–H and O–H groups in total. The summed E-state index contributed by atoms with van der Waals surface area (Å²) < 4.78 is 0. The zero-order valence-corrected chi connectivity index (χ0v) is 20.4. The molecule has 0 aliphatic carbocycles. The molecule has 7 heteroatoms. The van der Waals surface area contributed by atoms with Gasteiger partial charge in [0.05, 0.1) is 5.52 Å². The Balaban J connectivity index is 1.54. The van der Waals surface area contributed by atoms with Crippen molar-refractivity contribution >= 4 is 34.1 Å². The largest absolute Gasteiger partial charge is 0.507 e. The smallest absolute Gasteiger partial charge is 0.255 e. The summed E-state index contributed by atoms with van der Waals surface area (Å²) in [7, 11) is 3.87. The molecule has 0 saturated carbocycles. The van der Waals surface area contributed by atoms with Gasteiger partial charge in [-0.25, -0.2) is 9.97 Å². The van der Waals surface area contributed by atoms with E-state index in [4.69, 9.17) is 0 Å². The lowest BCUT2D eigenvalue weighted by molar-refractivity contribution is 0.102. The quantitative estimate of drug-likeness (QED) is 0.264. The van der Waals surface area contributed by atoms with Gasteiger partial charge in [-0.3, -0.25) is 4.79 Å². The van der Waals surface area contributed by atoms with Crippen molar-refractivity contribution in [2.75, 3.05) is 36.2 Å². The monoisotopic (exact) mass is 469 g/mol. The fraction of sp³-hybridized carbons (Fsp3) is 0.250. The van der Waals surface area contributed by atoms with Crippen LogP contribution in [0, 0.1) is 0 Å². The number of amides is 1. The molecule has 1 heterocycles. The van der Waals surface area contributed by atoms with Crippen LogP contribution >= 0.6 is 0 Å². The number of aromatic nitrogens is 2. The maximum Gasteiger partial charge on any atom is 0.255 e. The predicted molar refractivity (Wildman–Crippen MR) is 143 cm³/mol. The van der Waals surface area contributed by atoms with Gasteiger partial charge in [-0.2, -0.15) is 0 Å². The highest BCUT2D eigenvalue weighted by Gasteiger charge is 2.12. The van der Waals surface area contributed by atoms with Crippen LogP contribution in [-0.4, -0.2) is 41.6 Å². The minimum absolute atomic E-state index is 0.121. The van der Waals surface area contributed by atoms with E-state index in [-0.39, 0.29) is 11.7 Å². The molecule has 1 amide bonds. The minimum atomic E-state index is -0.194. The Hall–Kier alpha value is -4.13. The maximum absolute atomic E-state index is 12.8. The van der Waals surface area contributed by atoms with Crippen LogP contribution in [0.25, 0.3) is 22.0 Å². The van der Waals surface area contributed by atoms with Crippen LogP contribution in [0.2, 0.25) is 0 Å². The summed E-state index contributed by atoms with van der Waals surface area (Å²) in [6.07, 6.45) is 5.14. The summed E-state index contributed by atoms with van der Waals surface area (Å²) in [4.78, 5) is 23.7. The second kappa shape index (κ2) is 10.9. The van der Waals surface area contributed by atoms with E-state index in [2.05, 4.69) is 27.5 Å².